The van der Waals surface area contributed by atoms with Gasteiger partial charge in [0.25, 0.3) is 0 Å². The molecule has 0 fully saturated rings. The minimum Gasteiger partial charge on any atom is -0.490 e. The summed E-state index contributed by atoms with van der Waals surface area (Å²) >= 11 is 0. The molecule has 0 bridgehead atoms. The Bertz CT molecular complexity index is 319. The van der Waals surface area contributed by atoms with Crippen LogP contribution >= 0.6 is 0 Å². The van der Waals surface area contributed by atoms with Crippen molar-refractivity contribution in [2.45, 2.75) is 19.3 Å². The molecule has 0 amide bonds. The van der Waals surface area contributed by atoms with Gasteiger partial charge >= 0.3 is 0 Å². The predicted molar refractivity (Wildman–Crippen MR) is 53.6 cm³/mol. The Hall–Kier alpha value is -1.76. The van der Waals surface area contributed by atoms with Gasteiger partial charge in [-0.25, -0.2) is 4.98 Å². The number of hydrogen-bond acceptors (Lipinski definition) is 4. The summed E-state index contributed by atoms with van der Waals surface area (Å²) < 4.78 is 5.39. The van der Waals surface area contributed by atoms with Gasteiger partial charge in [0.05, 0.1) is 12.7 Å². The Morgan fingerprint density at radius 2 is 2.36 bits per heavy atom. The minimum atomic E-state index is 0.410. The number of hydrogen-bond donors (Lipinski definition) is 1. The fourth-order valence-corrected chi connectivity index (χ4v) is 1.01. The molecule has 1 aromatic heterocycles. The van der Waals surface area contributed by atoms with E-state index in [1.54, 1.807) is 18.3 Å². The SMILES string of the molecule is N#CCCCCOc1cccnc1N. The number of anilines is 1. The summed E-state index contributed by atoms with van der Waals surface area (Å²) in [6.07, 6.45) is 3.92. The van der Waals surface area contributed by atoms with E-state index in [9.17, 15) is 0 Å². The Kier molecular flexibility index (Phi) is 4.29. The van der Waals surface area contributed by atoms with Crippen molar-refractivity contribution in [1.29, 1.82) is 5.26 Å². The van der Waals surface area contributed by atoms with Gasteiger partial charge in [-0.1, -0.05) is 0 Å². The van der Waals surface area contributed by atoms with Gasteiger partial charge in [-0.2, -0.15) is 5.26 Å². The molecule has 0 saturated heterocycles. The summed E-state index contributed by atoms with van der Waals surface area (Å²) in [6.45, 7) is 0.581. The van der Waals surface area contributed by atoms with E-state index in [0.717, 1.165) is 12.8 Å². The number of nitrogen functional groups attached to an aromatic ring is 1. The van der Waals surface area contributed by atoms with Crippen LogP contribution in [0.3, 0.4) is 0 Å². The topological polar surface area (TPSA) is 71.9 Å². The lowest BCUT2D eigenvalue weighted by Gasteiger charge is -2.06. The van der Waals surface area contributed by atoms with Crippen molar-refractivity contribution in [3.05, 3.63) is 18.3 Å². The van der Waals surface area contributed by atoms with Crippen molar-refractivity contribution in [3.8, 4) is 11.8 Å². The van der Waals surface area contributed by atoms with Crippen LogP contribution in [0.2, 0.25) is 0 Å². The molecule has 0 radical (unpaired) electrons. The Morgan fingerprint density at radius 3 is 3.07 bits per heavy atom. The molecule has 4 heteroatoms. The standard InChI is InChI=1S/C10H13N3O/c11-6-2-1-3-8-14-9-5-4-7-13-10(9)12/h4-5,7H,1-3,8H2,(H2,12,13). The lowest BCUT2D eigenvalue weighted by atomic mass is 10.2. The summed E-state index contributed by atoms with van der Waals surface area (Å²) in [5.74, 6) is 1.03. The van der Waals surface area contributed by atoms with Crippen LogP contribution in [-0.4, -0.2) is 11.6 Å². The van der Waals surface area contributed by atoms with Crippen LogP contribution in [0.5, 0.6) is 5.75 Å². The monoisotopic (exact) mass is 191 g/mol. The van der Waals surface area contributed by atoms with Gasteiger partial charge in [0, 0.05) is 12.6 Å². The summed E-state index contributed by atoms with van der Waals surface area (Å²) in [7, 11) is 0. The van der Waals surface area contributed by atoms with Crippen LogP contribution < -0.4 is 10.5 Å². The molecule has 1 heterocycles. The number of rotatable bonds is 5. The number of unbranched alkanes of at least 4 members (excludes halogenated alkanes) is 2. The molecule has 2 N–H and O–H groups in total. The smallest absolute Gasteiger partial charge is 0.166 e. The van der Waals surface area contributed by atoms with Crippen molar-refractivity contribution in [1.82, 2.24) is 4.98 Å². The van der Waals surface area contributed by atoms with E-state index < -0.39 is 0 Å². The minimum absolute atomic E-state index is 0.410. The van der Waals surface area contributed by atoms with Crippen molar-refractivity contribution in [2.24, 2.45) is 0 Å². The summed E-state index contributed by atoms with van der Waals surface area (Å²) in [6, 6.07) is 5.65. The molecule has 14 heavy (non-hydrogen) atoms. The van der Waals surface area contributed by atoms with Gasteiger partial charge in [-0.3, -0.25) is 0 Å². The van der Waals surface area contributed by atoms with Gasteiger partial charge in [0.1, 0.15) is 0 Å². The first kappa shape index (κ1) is 10.3. The van der Waals surface area contributed by atoms with Gasteiger partial charge < -0.3 is 10.5 Å². The van der Waals surface area contributed by atoms with Crippen molar-refractivity contribution >= 4 is 5.82 Å². The summed E-state index contributed by atoms with van der Waals surface area (Å²) in [5, 5.41) is 8.31. The van der Waals surface area contributed by atoms with Crippen molar-refractivity contribution < 1.29 is 4.74 Å². The van der Waals surface area contributed by atoms with E-state index in [1.165, 1.54) is 0 Å². The van der Waals surface area contributed by atoms with Gasteiger partial charge in [0.2, 0.25) is 0 Å². The van der Waals surface area contributed by atoms with Crippen molar-refractivity contribution in [3.63, 3.8) is 0 Å². The summed E-state index contributed by atoms with van der Waals surface area (Å²) in [4.78, 5) is 3.89. The highest BCUT2D eigenvalue weighted by atomic mass is 16.5. The van der Waals surface area contributed by atoms with Crippen LogP contribution in [0, 0.1) is 11.3 Å². The Balaban J connectivity index is 2.25. The first-order valence-corrected chi connectivity index (χ1v) is 4.55. The third kappa shape index (κ3) is 3.31. The molecule has 0 aliphatic heterocycles. The first-order valence-electron chi connectivity index (χ1n) is 4.55. The normalized spacial score (nSPS) is 9.36. The molecule has 0 aromatic carbocycles. The molecule has 0 aliphatic carbocycles. The lowest BCUT2D eigenvalue weighted by molar-refractivity contribution is 0.308. The molecular formula is C10H13N3O. The second-order valence-corrected chi connectivity index (χ2v) is 2.85. The maximum absolute atomic E-state index is 8.31. The molecule has 4 nitrogen and oxygen atoms in total. The molecule has 0 atom stereocenters. The number of nitrogens with two attached hydrogens (primary N) is 1. The highest BCUT2D eigenvalue weighted by Crippen LogP contribution is 2.16. The summed E-state index contributed by atoms with van der Waals surface area (Å²) in [5.41, 5.74) is 5.57. The van der Waals surface area contributed by atoms with E-state index in [1.807, 2.05) is 0 Å². The van der Waals surface area contributed by atoms with Crippen LogP contribution in [0.15, 0.2) is 18.3 Å². The number of pyridine rings is 1. The van der Waals surface area contributed by atoms with Crippen LogP contribution in [0.1, 0.15) is 19.3 Å². The molecule has 1 rings (SSSR count). The highest BCUT2D eigenvalue weighted by molar-refractivity contribution is 5.44. The van der Waals surface area contributed by atoms with Crippen LogP contribution in [0.25, 0.3) is 0 Å². The second-order valence-electron chi connectivity index (χ2n) is 2.85. The van der Waals surface area contributed by atoms with Gasteiger partial charge in [-0.05, 0) is 25.0 Å². The van der Waals surface area contributed by atoms with Crippen molar-refractivity contribution in [2.75, 3.05) is 12.3 Å². The average molecular weight is 191 g/mol. The third-order valence-electron chi connectivity index (χ3n) is 1.74. The van der Waals surface area contributed by atoms with E-state index in [0.29, 0.717) is 24.6 Å². The molecular weight excluding hydrogens is 178 g/mol. The van der Waals surface area contributed by atoms with E-state index in [-0.39, 0.29) is 0 Å². The molecule has 1 aromatic rings. The maximum atomic E-state index is 8.31. The second kappa shape index (κ2) is 5.81. The Morgan fingerprint density at radius 1 is 1.50 bits per heavy atom. The quantitative estimate of drug-likeness (QED) is 0.719. The number of nitrogens with zero attached hydrogens (tertiary/aromatic N) is 2. The molecule has 74 valence electrons. The zero-order valence-corrected chi connectivity index (χ0v) is 7.94. The fraction of sp³-hybridized carbons (Fsp3) is 0.400. The molecule has 0 saturated carbocycles. The lowest BCUT2D eigenvalue weighted by Crippen LogP contribution is -2.01. The third-order valence-corrected chi connectivity index (χ3v) is 1.74. The van der Waals surface area contributed by atoms with E-state index in [4.69, 9.17) is 15.7 Å². The fourth-order valence-electron chi connectivity index (χ4n) is 1.01. The Labute approximate surface area is 83.3 Å². The predicted octanol–water partition coefficient (Wildman–Crippen LogP) is 1.74. The van der Waals surface area contributed by atoms with Gasteiger partial charge in [-0.15, -0.1) is 0 Å². The number of aromatic nitrogens is 1. The first-order chi connectivity index (χ1) is 6.84. The number of nitriles is 1. The number of ether oxygens (including phenoxy) is 1. The van der Waals surface area contributed by atoms with Gasteiger partial charge in [0.15, 0.2) is 11.6 Å². The molecule has 0 aliphatic rings. The van der Waals surface area contributed by atoms with Crippen LogP contribution in [-0.2, 0) is 0 Å². The zero-order chi connectivity index (χ0) is 10.2. The maximum Gasteiger partial charge on any atom is 0.166 e. The van der Waals surface area contributed by atoms with E-state index in [2.05, 4.69) is 11.1 Å². The molecule has 0 unspecified atom stereocenters. The highest BCUT2D eigenvalue weighted by Gasteiger charge is 1.98. The average Bonchev–Trinajstić information content (AvgIpc) is 2.20. The largest absolute Gasteiger partial charge is 0.490 e. The van der Waals surface area contributed by atoms with Crippen LogP contribution in [0.4, 0.5) is 5.82 Å². The zero-order valence-electron chi connectivity index (χ0n) is 7.94. The molecule has 0 spiro atoms. The van der Waals surface area contributed by atoms with E-state index >= 15 is 0 Å².